The normalized spacial score (nSPS) is 12.7. The number of aromatic hydroxyl groups is 1. The maximum Gasteiger partial charge on any atom is 0.224 e. The van der Waals surface area contributed by atoms with Gasteiger partial charge in [0.1, 0.15) is 11.5 Å². The van der Waals surface area contributed by atoms with Crippen molar-refractivity contribution in [3.05, 3.63) is 94.5 Å². The molecule has 0 radical (unpaired) electrons. The fraction of sp³-hybridized carbons (Fsp3) is 0.345. The molecule has 36 heavy (non-hydrogen) atoms. The molecule has 0 spiro atoms. The van der Waals surface area contributed by atoms with E-state index in [0.717, 1.165) is 28.9 Å². The number of nitrogens with one attached hydrogen (secondary N) is 2. The maximum atomic E-state index is 12.5. The second-order valence-corrected chi connectivity index (χ2v) is 8.89. The zero-order valence-corrected chi connectivity index (χ0v) is 20.9. The molecular weight excluding hydrogens is 456 g/mol. The number of ether oxygens (including phenoxy) is 1. The van der Waals surface area contributed by atoms with Crippen molar-refractivity contribution in [2.24, 2.45) is 0 Å². The van der Waals surface area contributed by atoms with Crippen LogP contribution >= 0.6 is 0 Å². The second-order valence-electron chi connectivity index (χ2n) is 8.89. The number of carbonyl (C=O) groups is 1. The Morgan fingerprint density at radius 1 is 1.00 bits per heavy atom. The molecular formula is C29H36N2O5. The van der Waals surface area contributed by atoms with Gasteiger partial charge in [-0.2, -0.15) is 0 Å². The third kappa shape index (κ3) is 8.09. The highest BCUT2D eigenvalue weighted by molar-refractivity contribution is 5.78. The van der Waals surface area contributed by atoms with Crippen LogP contribution in [-0.4, -0.2) is 40.4 Å². The summed E-state index contributed by atoms with van der Waals surface area (Å²) in [6.45, 7) is 5.01. The molecule has 0 fully saturated rings. The third-order valence-corrected chi connectivity index (χ3v) is 5.96. The molecule has 3 rings (SSSR count). The van der Waals surface area contributed by atoms with Crippen LogP contribution in [0, 0.1) is 0 Å². The fourth-order valence-electron chi connectivity index (χ4n) is 4.05. The number of benzene rings is 3. The Labute approximate surface area is 212 Å². The largest absolute Gasteiger partial charge is 0.508 e. The first-order chi connectivity index (χ1) is 17.4. The highest BCUT2D eigenvalue weighted by atomic mass is 16.5. The van der Waals surface area contributed by atoms with Gasteiger partial charge in [-0.3, -0.25) is 4.79 Å². The van der Waals surface area contributed by atoms with Gasteiger partial charge in [0.2, 0.25) is 5.91 Å². The van der Waals surface area contributed by atoms with Crippen molar-refractivity contribution >= 4 is 5.91 Å². The van der Waals surface area contributed by atoms with Gasteiger partial charge in [0.25, 0.3) is 0 Å². The summed E-state index contributed by atoms with van der Waals surface area (Å²) in [6, 6.07) is 20.5. The van der Waals surface area contributed by atoms with Gasteiger partial charge in [0.05, 0.1) is 25.7 Å². The minimum atomic E-state index is -0.763. The minimum absolute atomic E-state index is 0.0127. The third-order valence-electron chi connectivity index (χ3n) is 5.96. The predicted octanol–water partition coefficient (Wildman–Crippen LogP) is 3.40. The molecule has 0 aliphatic carbocycles. The molecule has 192 valence electrons. The van der Waals surface area contributed by atoms with E-state index < -0.39 is 6.10 Å². The van der Waals surface area contributed by atoms with Crippen LogP contribution in [0.3, 0.4) is 0 Å². The van der Waals surface area contributed by atoms with E-state index in [1.54, 1.807) is 12.1 Å². The molecule has 0 heterocycles. The molecule has 5 N–H and O–H groups in total. The van der Waals surface area contributed by atoms with E-state index in [1.807, 2.05) is 62.4 Å². The monoisotopic (exact) mass is 492 g/mol. The molecule has 3 aromatic carbocycles. The highest BCUT2D eigenvalue weighted by Crippen LogP contribution is 2.22. The second kappa shape index (κ2) is 13.6. The average Bonchev–Trinajstić information content (AvgIpc) is 2.87. The lowest BCUT2D eigenvalue weighted by atomic mass is 10.0. The van der Waals surface area contributed by atoms with Crippen LogP contribution in [0.15, 0.2) is 66.7 Å². The molecule has 0 bridgehead atoms. The van der Waals surface area contributed by atoms with Crippen LogP contribution in [0.25, 0.3) is 0 Å². The summed E-state index contributed by atoms with van der Waals surface area (Å²) in [7, 11) is 0. The quantitative estimate of drug-likeness (QED) is 0.250. The van der Waals surface area contributed by atoms with E-state index in [9.17, 15) is 20.1 Å². The van der Waals surface area contributed by atoms with Crippen molar-refractivity contribution in [1.82, 2.24) is 10.6 Å². The van der Waals surface area contributed by atoms with Crippen LogP contribution in [0.2, 0.25) is 0 Å². The number of hydrogen-bond acceptors (Lipinski definition) is 6. The number of aliphatic hydroxyl groups excluding tert-OH is 2. The molecule has 7 heteroatoms. The summed E-state index contributed by atoms with van der Waals surface area (Å²) in [5.41, 5.74) is 4.01. The summed E-state index contributed by atoms with van der Waals surface area (Å²) < 4.78 is 5.62. The van der Waals surface area contributed by atoms with Crippen LogP contribution in [0.5, 0.6) is 11.5 Å². The zero-order valence-electron chi connectivity index (χ0n) is 20.9. The molecule has 0 aliphatic rings. The smallest absolute Gasteiger partial charge is 0.224 e. The standard InChI is InChI=1S/C29H36N2O5/c1-3-36-28-10-5-4-9-24(28)17-31-29(35)15-22-8-6-7-21(14-22)13-20(2)30-18-27(34)23-11-12-26(33)25(16-23)19-32/h4-12,14,16,20,27,30,32-34H,3,13,15,17-19H2,1-2H3,(H,31,35)/t20?,27-/m0/s1. The molecule has 1 amide bonds. The predicted molar refractivity (Wildman–Crippen MR) is 140 cm³/mol. The number of rotatable bonds is 13. The molecule has 2 atom stereocenters. The topological polar surface area (TPSA) is 111 Å². The molecule has 1 unspecified atom stereocenters. The van der Waals surface area contributed by atoms with Gasteiger partial charge in [-0.15, -0.1) is 0 Å². The Morgan fingerprint density at radius 3 is 2.56 bits per heavy atom. The van der Waals surface area contributed by atoms with E-state index in [1.165, 1.54) is 6.07 Å². The van der Waals surface area contributed by atoms with Gasteiger partial charge in [0, 0.05) is 30.3 Å². The van der Waals surface area contributed by atoms with E-state index in [-0.39, 0.29) is 24.3 Å². The van der Waals surface area contributed by atoms with Gasteiger partial charge in [-0.05, 0) is 55.2 Å². The Hall–Kier alpha value is -3.39. The summed E-state index contributed by atoms with van der Waals surface area (Å²) in [5, 5.41) is 35.8. The van der Waals surface area contributed by atoms with Crippen LogP contribution in [0.4, 0.5) is 0 Å². The average molecular weight is 493 g/mol. The van der Waals surface area contributed by atoms with E-state index in [0.29, 0.717) is 37.2 Å². The Bertz CT molecular complexity index is 1130. The van der Waals surface area contributed by atoms with E-state index in [2.05, 4.69) is 10.6 Å². The first kappa shape index (κ1) is 27.2. The van der Waals surface area contributed by atoms with Gasteiger partial charge in [-0.25, -0.2) is 0 Å². The molecule has 0 aliphatic heterocycles. The minimum Gasteiger partial charge on any atom is -0.508 e. The highest BCUT2D eigenvalue weighted by Gasteiger charge is 2.13. The van der Waals surface area contributed by atoms with Gasteiger partial charge < -0.3 is 30.7 Å². The summed E-state index contributed by atoms with van der Waals surface area (Å²) in [4.78, 5) is 12.5. The summed E-state index contributed by atoms with van der Waals surface area (Å²) in [6.07, 6.45) is 0.266. The Kier molecular flexibility index (Phi) is 10.3. The van der Waals surface area contributed by atoms with Gasteiger partial charge in [-0.1, -0.05) is 48.5 Å². The van der Waals surface area contributed by atoms with Crippen molar-refractivity contribution < 1.29 is 24.9 Å². The molecule has 7 nitrogen and oxygen atoms in total. The van der Waals surface area contributed by atoms with Crippen molar-refractivity contribution in [2.75, 3.05) is 13.2 Å². The van der Waals surface area contributed by atoms with Gasteiger partial charge >= 0.3 is 0 Å². The van der Waals surface area contributed by atoms with E-state index in [4.69, 9.17) is 4.74 Å². The van der Waals surface area contributed by atoms with Crippen molar-refractivity contribution in [2.45, 2.75) is 52.0 Å². The Morgan fingerprint density at radius 2 is 1.78 bits per heavy atom. The molecule has 3 aromatic rings. The zero-order chi connectivity index (χ0) is 25.9. The van der Waals surface area contributed by atoms with Gasteiger partial charge in [0.15, 0.2) is 0 Å². The number of para-hydroxylation sites is 1. The van der Waals surface area contributed by atoms with Crippen molar-refractivity contribution in [1.29, 1.82) is 0 Å². The Balaban J connectivity index is 1.48. The van der Waals surface area contributed by atoms with E-state index >= 15 is 0 Å². The summed E-state index contributed by atoms with van der Waals surface area (Å²) >= 11 is 0. The first-order valence-corrected chi connectivity index (χ1v) is 12.3. The number of phenols is 1. The van der Waals surface area contributed by atoms with Crippen LogP contribution < -0.4 is 15.4 Å². The maximum absolute atomic E-state index is 12.5. The van der Waals surface area contributed by atoms with Crippen molar-refractivity contribution in [3.63, 3.8) is 0 Å². The first-order valence-electron chi connectivity index (χ1n) is 12.3. The van der Waals surface area contributed by atoms with Crippen LogP contribution in [-0.2, 0) is 30.8 Å². The number of aliphatic hydroxyl groups is 2. The summed E-state index contributed by atoms with van der Waals surface area (Å²) in [5.74, 6) is 0.746. The lowest BCUT2D eigenvalue weighted by Gasteiger charge is -2.18. The van der Waals surface area contributed by atoms with Crippen molar-refractivity contribution in [3.8, 4) is 11.5 Å². The fourth-order valence-corrected chi connectivity index (χ4v) is 4.05. The lowest BCUT2D eigenvalue weighted by Crippen LogP contribution is -2.32. The number of hydrogen-bond donors (Lipinski definition) is 5. The molecule has 0 saturated carbocycles. The molecule has 0 aromatic heterocycles. The number of carbonyl (C=O) groups excluding carboxylic acids is 1. The SMILES string of the molecule is CCOc1ccccc1CNC(=O)Cc1cccc(CC(C)NC[C@H](O)c2ccc(O)c(CO)c2)c1. The van der Waals surface area contributed by atoms with Crippen LogP contribution in [0.1, 0.15) is 47.8 Å². The molecule has 0 saturated heterocycles. The lowest BCUT2D eigenvalue weighted by molar-refractivity contribution is -0.120. The number of amides is 1.